The molecule has 0 aliphatic carbocycles. The average Bonchev–Trinajstić information content (AvgIpc) is 2.57. The van der Waals surface area contributed by atoms with Crippen LogP contribution in [0.3, 0.4) is 0 Å². The molecule has 2 heteroatoms. The van der Waals surface area contributed by atoms with Gasteiger partial charge in [-0.05, 0) is 56.0 Å². The van der Waals surface area contributed by atoms with Gasteiger partial charge in [0, 0.05) is 17.0 Å². The van der Waals surface area contributed by atoms with E-state index in [9.17, 15) is 10.2 Å². The summed E-state index contributed by atoms with van der Waals surface area (Å²) in [7, 11) is 0. The number of hydrogen-bond acceptors (Lipinski definition) is 2. The summed E-state index contributed by atoms with van der Waals surface area (Å²) in [4.78, 5) is 0. The highest BCUT2D eigenvalue weighted by atomic mass is 16.3. The molecule has 0 aromatic heterocycles. The molecule has 2 nitrogen and oxygen atoms in total. The van der Waals surface area contributed by atoms with Gasteiger partial charge in [0.05, 0.1) is 0 Å². The SMILES string of the molecule is CC(c1cc(C(C)(C)C)c(C(C)(C)C)cc1O)c1cc(C(C)(C)C)c(C(C)(C)C)cc1O. The third-order valence-electron chi connectivity index (χ3n) is 6.50. The highest BCUT2D eigenvalue weighted by Gasteiger charge is 2.31. The van der Waals surface area contributed by atoms with E-state index in [4.69, 9.17) is 0 Å². The summed E-state index contributed by atoms with van der Waals surface area (Å²) < 4.78 is 0. The molecule has 0 unspecified atom stereocenters. The van der Waals surface area contributed by atoms with Crippen molar-refractivity contribution >= 4 is 0 Å². The largest absolute Gasteiger partial charge is 0.508 e. The molecule has 0 heterocycles. The van der Waals surface area contributed by atoms with Crippen molar-refractivity contribution in [3.63, 3.8) is 0 Å². The van der Waals surface area contributed by atoms with Crippen molar-refractivity contribution in [1.82, 2.24) is 0 Å². The van der Waals surface area contributed by atoms with Crippen molar-refractivity contribution in [3.05, 3.63) is 57.6 Å². The molecule has 0 fully saturated rings. The van der Waals surface area contributed by atoms with Gasteiger partial charge in [0.15, 0.2) is 0 Å². The molecule has 0 aliphatic rings. The molecule has 0 saturated heterocycles. The Morgan fingerprint density at radius 2 is 0.688 bits per heavy atom. The minimum Gasteiger partial charge on any atom is -0.508 e. The maximum Gasteiger partial charge on any atom is 0.119 e. The molecule has 0 atom stereocenters. The summed E-state index contributed by atoms with van der Waals surface area (Å²) in [6.07, 6.45) is 0. The molecule has 0 spiro atoms. The van der Waals surface area contributed by atoms with Crippen LogP contribution in [0.5, 0.6) is 11.5 Å². The summed E-state index contributed by atoms with van der Waals surface area (Å²) in [6.45, 7) is 28.5. The number of aromatic hydroxyl groups is 2. The number of phenolic OH excluding ortho intramolecular Hbond substituents is 2. The molecule has 0 saturated carbocycles. The summed E-state index contributed by atoms with van der Waals surface area (Å²) >= 11 is 0. The van der Waals surface area contributed by atoms with Gasteiger partial charge in [0.1, 0.15) is 11.5 Å². The van der Waals surface area contributed by atoms with E-state index in [0.29, 0.717) is 11.5 Å². The Bertz CT molecular complexity index is 902. The van der Waals surface area contributed by atoms with Gasteiger partial charge >= 0.3 is 0 Å². The quantitative estimate of drug-likeness (QED) is 0.494. The molecule has 0 bridgehead atoms. The first-order chi connectivity index (χ1) is 14.2. The van der Waals surface area contributed by atoms with Gasteiger partial charge in [-0.1, -0.05) is 102 Å². The van der Waals surface area contributed by atoms with E-state index in [1.54, 1.807) is 0 Å². The predicted octanol–water partition coefficient (Wildman–Crippen LogP) is 8.44. The lowest BCUT2D eigenvalue weighted by Crippen LogP contribution is -2.23. The smallest absolute Gasteiger partial charge is 0.119 e. The fraction of sp³-hybridized carbons (Fsp3) is 0.600. The first kappa shape index (κ1) is 26.3. The van der Waals surface area contributed by atoms with Gasteiger partial charge in [-0.3, -0.25) is 0 Å². The van der Waals surface area contributed by atoms with Crippen molar-refractivity contribution in [3.8, 4) is 11.5 Å². The van der Waals surface area contributed by atoms with Crippen LogP contribution >= 0.6 is 0 Å². The van der Waals surface area contributed by atoms with Crippen molar-refractivity contribution < 1.29 is 10.2 Å². The Hall–Kier alpha value is -1.96. The molecule has 0 amide bonds. The molecule has 32 heavy (non-hydrogen) atoms. The van der Waals surface area contributed by atoms with Crippen LogP contribution in [0.1, 0.15) is 129 Å². The molecule has 178 valence electrons. The summed E-state index contributed by atoms with van der Waals surface area (Å²) in [5.41, 5.74) is 6.29. The van der Waals surface area contributed by atoms with Crippen LogP contribution in [0.15, 0.2) is 24.3 Å². The van der Waals surface area contributed by atoms with Gasteiger partial charge < -0.3 is 10.2 Å². The van der Waals surface area contributed by atoms with Crippen LogP contribution in [-0.2, 0) is 21.7 Å². The predicted molar refractivity (Wildman–Crippen MR) is 139 cm³/mol. The summed E-state index contributed by atoms with van der Waals surface area (Å²) in [5, 5.41) is 22.2. The van der Waals surface area contributed by atoms with Crippen LogP contribution < -0.4 is 0 Å². The van der Waals surface area contributed by atoms with E-state index in [0.717, 1.165) is 11.1 Å². The van der Waals surface area contributed by atoms with Crippen molar-refractivity contribution in [2.24, 2.45) is 0 Å². The second-order valence-electron chi connectivity index (χ2n) is 13.6. The third-order valence-corrected chi connectivity index (χ3v) is 6.50. The molecule has 0 radical (unpaired) electrons. The number of benzene rings is 2. The number of phenols is 2. The summed E-state index contributed by atoms with van der Waals surface area (Å²) in [5.74, 6) is 0.458. The first-order valence-corrected chi connectivity index (χ1v) is 11.9. The average molecular weight is 439 g/mol. The van der Waals surface area contributed by atoms with E-state index in [1.165, 1.54) is 22.3 Å². The Balaban J connectivity index is 2.79. The van der Waals surface area contributed by atoms with E-state index in [-0.39, 0.29) is 27.6 Å². The van der Waals surface area contributed by atoms with E-state index >= 15 is 0 Å². The van der Waals surface area contributed by atoms with Crippen LogP contribution in [0.25, 0.3) is 0 Å². The van der Waals surface area contributed by atoms with Gasteiger partial charge in [-0.25, -0.2) is 0 Å². The van der Waals surface area contributed by atoms with E-state index in [1.807, 2.05) is 12.1 Å². The lowest BCUT2D eigenvalue weighted by Gasteiger charge is -2.33. The van der Waals surface area contributed by atoms with Crippen LogP contribution in [-0.4, -0.2) is 10.2 Å². The minimum atomic E-state index is -0.139. The normalized spacial score (nSPS) is 13.7. The van der Waals surface area contributed by atoms with Gasteiger partial charge in [-0.15, -0.1) is 0 Å². The van der Waals surface area contributed by atoms with E-state index in [2.05, 4.69) is 102 Å². The zero-order valence-corrected chi connectivity index (χ0v) is 22.8. The molecular formula is C30H46O2. The van der Waals surface area contributed by atoms with Crippen molar-refractivity contribution in [1.29, 1.82) is 0 Å². The lowest BCUT2D eigenvalue weighted by molar-refractivity contribution is 0.447. The first-order valence-electron chi connectivity index (χ1n) is 11.9. The van der Waals surface area contributed by atoms with Gasteiger partial charge in [0.2, 0.25) is 0 Å². The van der Waals surface area contributed by atoms with Crippen molar-refractivity contribution in [2.75, 3.05) is 0 Å². The second-order valence-corrected chi connectivity index (χ2v) is 13.6. The van der Waals surface area contributed by atoms with Crippen LogP contribution in [0, 0.1) is 0 Å². The van der Waals surface area contributed by atoms with Crippen LogP contribution in [0.4, 0.5) is 0 Å². The fourth-order valence-electron chi connectivity index (χ4n) is 4.55. The maximum atomic E-state index is 11.1. The second kappa shape index (κ2) is 8.12. The zero-order chi connectivity index (χ0) is 25.0. The Labute approximate surface area is 197 Å². The molecule has 2 aromatic rings. The molecular weight excluding hydrogens is 392 g/mol. The molecule has 2 aromatic carbocycles. The fourth-order valence-corrected chi connectivity index (χ4v) is 4.55. The summed E-state index contributed by atoms with van der Waals surface area (Å²) in [6, 6.07) is 8.21. The molecule has 0 aliphatic heterocycles. The van der Waals surface area contributed by atoms with Crippen LogP contribution in [0.2, 0.25) is 0 Å². The topological polar surface area (TPSA) is 40.5 Å². The highest BCUT2D eigenvalue weighted by molar-refractivity contribution is 5.55. The molecule has 2 N–H and O–H groups in total. The maximum absolute atomic E-state index is 11.1. The minimum absolute atomic E-state index is 0.0561. The molecule has 2 rings (SSSR count). The number of hydrogen-bond donors (Lipinski definition) is 2. The Morgan fingerprint density at radius 3 is 0.906 bits per heavy atom. The Kier molecular flexibility index (Phi) is 6.67. The van der Waals surface area contributed by atoms with Gasteiger partial charge in [0.25, 0.3) is 0 Å². The van der Waals surface area contributed by atoms with Crippen molar-refractivity contribution in [2.45, 2.75) is 118 Å². The number of rotatable bonds is 2. The zero-order valence-electron chi connectivity index (χ0n) is 22.8. The van der Waals surface area contributed by atoms with Gasteiger partial charge in [-0.2, -0.15) is 0 Å². The monoisotopic (exact) mass is 438 g/mol. The lowest BCUT2D eigenvalue weighted by atomic mass is 9.72. The standard InChI is InChI=1S/C30H46O2/c1-18(19-14-21(27(2,3)4)23(16-25(19)31)29(8,9)10)20-15-22(28(5,6)7)24(17-26(20)32)30(11,12)13/h14-18,31-32H,1-13H3. The third kappa shape index (κ3) is 5.33. The Morgan fingerprint density at radius 1 is 0.469 bits per heavy atom. The van der Waals surface area contributed by atoms with E-state index < -0.39 is 0 Å². The highest BCUT2D eigenvalue weighted by Crippen LogP contribution is 2.45.